The van der Waals surface area contributed by atoms with Gasteiger partial charge in [-0.2, -0.15) is 17.9 Å². The number of carbonyl (C=O) groups is 4. The van der Waals surface area contributed by atoms with Gasteiger partial charge in [0, 0.05) is 131 Å². The molecule has 4 aliphatic heterocycles. The summed E-state index contributed by atoms with van der Waals surface area (Å²) in [6, 6.07) is 56.4. The third-order valence-electron chi connectivity index (χ3n) is 25.7. The number of ether oxygens (including phenoxy) is 4. The lowest BCUT2D eigenvalue weighted by atomic mass is 9.79. The molecule has 654 valence electrons. The van der Waals surface area contributed by atoms with Gasteiger partial charge in [-0.05, 0) is 247 Å². The molecule has 0 atom stereocenters. The Labute approximate surface area is 749 Å². The number of unbranched alkanes of at least 4 members (excludes halogenated alkanes) is 8. The minimum atomic E-state index is -1.20. The first kappa shape index (κ1) is 91.0. The Morgan fingerprint density at radius 1 is 0.373 bits per heavy atom. The monoisotopic (exact) mass is 1740 g/mol. The van der Waals surface area contributed by atoms with Crippen molar-refractivity contribution in [3.63, 3.8) is 0 Å². The fraction of sp³-hybridized carbons (Fsp3) is 0.352. The molecule has 126 heavy (non-hydrogen) atoms. The minimum Gasteiger partial charge on any atom is -0.427 e. The van der Waals surface area contributed by atoms with E-state index in [1.807, 2.05) is 36.4 Å². The maximum Gasteiger partial charge on any atom is 0.311 e. The molecule has 0 amide bonds. The first-order valence-corrected chi connectivity index (χ1v) is 45.6. The van der Waals surface area contributed by atoms with Gasteiger partial charge < -0.3 is 28.7 Å². The Balaban J connectivity index is 0.729. The van der Waals surface area contributed by atoms with Crippen molar-refractivity contribution in [1.29, 1.82) is 0 Å². The predicted molar refractivity (Wildman–Crippen MR) is 497 cm³/mol. The van der Waals surface area contributed by atoms with Crippen LogP contribution >= 0.6 is 23.2 Å². The van der Waals surface area contributed by atoms with E-state index in [0.29, 0.717) is 82.5 Å². The standard InChI is InChI=1S/C108H114Cl2F4N4O8/c1-105(2)81-43-23-25-47-87(81)115(67-27-11-19-51-97(119)123-79-39-15-9-16-40-79)93(105)63-57-73-35-31-37-75(101(73)109)59-65-95-107(5,6)83-61-55-78(72-90(83)118(95)70-30-12-20-52-98(120)124-80-41-17-10-18-42-80)77-56-62-89-84(71-77)108(7,8)96(117(89)69-29-14-22-54-100(122)126-92-50-34-46-86(112)104(92)114)66-60-76-38-32-36-74(102(76)110)58-64-94-106(3,4)82-44-24-26-48-88(82)116(94)68-28-13-21-53-99(121)125-91-49-33-45-85(111)103(91)113/h9-10,15-18,23-26,33-34,39-50,55-66,71-72H,11-14,19-22,27-32,35-38,51-54,67-70H2,1-8H3/q+2. The molecule has 0 saturated heterocycles. The van der Waals surface area contributed by atoms with Gasteiger partial charge in [-0.25, -0.2) is 8.78 Å². The SMILES string of the molecule is CC1(C)C(/C=C/C2=C(Cl)C(=C/C=C3/N(CCCCCC(=O)Oc4ccccc4)c4cc(-c5ccc6c(c5)C(C)(C)C(/C=C/C5=C(Cl)C(=C/C=C7/N(CCCCCC(=O)Oc8cccc(F)c8F)c8ccccc8C7(C)C)/CCC5)=[N+]6CCCCCC(=O)Oc5cccc(F)c5F)ccc4C3(C)C)/CCC2)=[N+](CCCCCC(=O)Oc2ccccc2)c2ccccc21. The number of nitrogens with zero attached hydrogens (tertiary/aromatic N) is 4. The number of hydrogen-bond acceptors (Lipinski definition) is 10. The topological polar surface area (TPSA) is 118 Å². The number of carbonyl (C=O) groups excluding carboxylic acids is 4. The van der Waals surface area contributed by atoms with Gasteiger partial charge in [0.1, 0.15) is 24.6 Å². The summed E-state index contributed by atoms with van der Waals surface area (Å²) in [5, 5.41) is 1.50. The summed E-state index contributed by atoms with van der Waals surface area (Å²) in [7, 11) is 0. The average Bonchev–Trinajstić information content (AvgIpc) is 1.59. The molecule has 12 nitrogen and oxygen atoms in total. The molecule has 0 radical (unpaired) electrons. The Hall–Kier alpha value is -11.2. The fourth-order valence-corrected chi connectivity index (χ4v) is 19.4. The Bertz CT molecular complexity index is 5770. The third kappa shape index (κ3) is 20.7. The minimum absolute atomic E-state index is 0.0311. The molecule has 14 rings (SSSR count). The summed E-state index contributed by atoms with van der Waals surface area (Å²) < 4.78 is 83.5. The van der Waals surface area contributed by atoms with E-state index in [9.17, 15) is 36.7 Å². The number of para-hydroxylation sites is 4. The van der Waals surface area contributed by atoms with Gasteiger partial charge >= 0.3 is 23.9 Å². The average molecular weight is 1740 g/mol. The van der Waals surface area contributed by atoms with Crippen LogP contribution in [0.1, 0.15) is 219 Å². The lowest BCUT2D eigenvalue weighted by Gasteiger charge is -2.27. The van der Waals surface area contributed by atoms with Gasteiger partial charge in [-0.1, -0.05) is 185 Å². The van der Waals surface area contributed by atoms with Crippen molar-refractivity contribution in [3.8, 4) is 34.1 Å². The van der Waals surface area contributed by atoms with Crippen LogP contribution in [-0.2, 0) is 40.8 Å². The zero-order valence-corrected chi connectivity index (χ0v) is 75.2. The molecule has 0 N–H and O–H groups in total. The van der Waals surface area contributed by atoms with Crippen LogP contribution in [0, 0.1) is 23.3 Å². The van der Waals surface area contributed by atoms with Gasteiger partial charge in [0.25, 0.3) is 0 Å². The summed E-state index contributed by atoms with van der Waals surface area (Å²) in [4.78, 5) is 56.6. The molecule has 18 heteroatoms. The van der Waals surface area contributed by atoms with Crippen molar-refractivity contribution >= 4 is 81.3 Å². The smallest absolute Gasteiger partial charge is 0.311 e. The van der Waals surface area contributed by atoms with Crippen molar-refractivity contribution in [2.45, 2.75) is 218 Å². The molecule has 0 spiro atoms. The maximum atomic E-state index is 14.6. The largest absolute Gasteiger partial charge is 0.427 e. The summed E-state index contributed by atoms with van der Waals surface area (Å²) in [6.45, 7) is 21.1. The number of anilines is 2. The van der Waals surface area contributed by atoms with E-state index in [4.69, 9.17) is 42.1 Å². The summed E-state index contributed by atoms with van der Waals surface area (Å²) in [5.74, 6) is -5.99. The van der Waals surface area contributed by atoms with Gasteiger partial charge in [0.2, 0.25) is 23.0 Å². The number of esters is 4. The molecule has 0 unspecified atom stereocenters. The lowest BCUT2D eigenvalue weighted by molar-refractivity contribution is -0.438. The van der Waals surface area contributed by atoms with Crippen molar-refractivity contribution in [3.05, 3.63) is 320 Å². The highest BCUT2D eigenvalue weighted by atomic mass is 35.5. The van der Waals surface area contributed by atoms with E-state index in [0.717, 1.165) is 179 Å². The second kappa shape index (κ2) is 40.6. The molecule has 8 aromatic carbocycles. The van der Waals surface area contributed by atoms with Crippen LogP contribution < -0.4 is 28.7 Å². The number of rotatable bonds is 35. The highest BCUT2D eigenvalue weighted by molar-refractivity contribution is 6.33. The zero-order chi connectivity index (χ0) is 88.9. The number of halogens is 6. The van der Waals surface area contributed by atoms with E-state index in [1.165, 1.54) is 52.4 Å². The molecular formula is C108H114Cl2F4N4O8+2. The normalized spacial score (nSPS) is 18.0. The van der Waals surface area contributed by atoms with Gasteiger partial charge in [0.05, 0.1) is 10.8 Å². The van der Waals surface area contributed by atoms with Crippen LogP contribution in [0.15, 0.2) is 274 Å². The molecule has 0 saturated carbocycles. The first-order chi connectivity index (χ1) is 60.7. The van der Waals surface area contributed by atoms with E-state index < -0.39 is 57.5 Å². The Kier molecular flexibility index (Phi) is 29.3. The zero-order valence-electron chi connectivity index (χ0n) is 73.6. The first-order valence-electron chi connectivity index (χ1n) is 44.8. The van der Waals surface area contributed by atoms with E-state index in [2.05, 4.69) is 208 Å². The van der Waals surface area contributed by atoms with E-state index in [1.54, 1.807) is 24.3 Å². The second-order valence-corrected chi connectivity index (χ2v) is 36.5. The Morgan fingerprint density at radius 2 is 0.778 bits per heavy atom. The van der Waals surface area contributed by atoms with Gasteiger partial charge in [-0.15, -0.1) is 0 Å². The Morgan fingerprint density at radius 3 is 1.28 bits per heavy atom. The van der Waals surface area contributed by atoms with Crippen LogP contribution in [0.4, 0.5) is 40.3 Å². The van der Waals surface area contributed by atoms with Crippen LogP contribution in [0.2, 0.25) is 0 Å². The molecule has 0 fully saturated rings. The molecule has 8 aromatic rings. The predicted octanol–water partition coefficient (Wildman–Crippen LogP) is 27.0. The number of allylic oxidation sites excluding steroid dienone is 16. The number of hydrogen-bond donors (Lipinski definition) is 0. The van der Waals surface area contributed by atoms with Crippen molar-refractivity contribution in [2.75, 3.05) is 36.0 Å². The highest BCUT2D eigenvalue weighted by Crippen LogP contribution is 2.53. The quantitative estimate of drug-likeness (QED) is 0.0125. The van der Waals surface area contributed by atoms with E-state index >= 15 is 0 Å². The molecule has 0 aromatic heterocycles. The molecular weight excluding hydrogens is 1630 g/mol. The van der Waals surface area contributed by atoms with Gasteiger partial charge in [0.15, 0.2) is 34.6 Å². The van der Waals surface area contributed by atoms with Gasteiger partial charge in [-0.3, -0.25) is 19.2 Å². The summed E-state index contributed by atoms with van der Waals surface area (Å²) in [6.07, 6.45) is 32.4. The lowest BCUT2D eigenvalue weighted by Crippen LogP contribution is -2.28. The molecule has 2 aliphatic carbocycles. The van der Waals surface area contributed by atoms with E-state index in [-0.39, 0.29) is 35.6 Å². The molecule has 0 bridgehead atoms. The second-order valence-electron chi connectivity index (χ2n) is 35.8. The maximum absolute atomic E-state index is 14.6. The summed E-state index contributed by atoms with van der Waals surface area (Å²) >= 11 is 15.3. The highest BCUT2D eigenvalue weighted by Gasteiger charge is 2.47. The number of fused-ring (bicyclic) bond motifs is 4. The van der Waals surface area contributed by atoms with Crippen LogP contribution in [0.25, 0.3) is 11.1 Å². The van der Waals surface area contributed by atoms with Crippen molar-refractivity contribution < 1.29 is 64.8 Å². The number of benzene rings is 8. The van der Waals surface area contributed by atoms with Crippen LogP contribution in [0.3, 0.4) is 0 Å². The molecule has 6 aliphatic rings. The summed E-state index contributed by atoms with van der Waals surface area (Å²) in [5.41, 5.74) is 18.8. The third-order valence-corrected chi connectivity index (χ3v) is 26.6. The van der Waals surface area contributed by atoms with Crippen molar-refractivity contribution in [1.82, 2.24) is 0 Å². The van der Waals surface area contributed by atoms with Crippen LogP contribution in [0.5, 0.6) is 23.0 Å². The van der Waals surface area contributed by atoms with Crippen LogP contribution in [-0.4, -0.2) is 70.6 Å². The fourth-order valence-electron chi connectivity index (χ4n) is 18.8. The van der Waals surface area contributed by atoms with Crippen molar-refractivity contribution in [2.24, 2.45) is 0 Å². The molecule has 4 heterocycles.